The average Bonchev–Trinajstić information content (AvgIpc) is 2.70. The molecule has 3 heteroatoms. The van der Waals surface area contributed by atoms with E-state index >= 15 is 0 Å². The number of benzene rings is 2. The van der Waals surface area contributed by atoms with Gasteiger partial charge in [-0.3, -0.25) is 0 Å². The van der Waals surface area contributed by atoms with Crippen LogP contribution in [-0.2, 0) is 0 Å². The highest BCUT2D eigenvalue weighted by Crippen LogP contribution is 2.25. The molecule has 102 valence electrons. The van der Waals surface area contributed by atoms with E-state index in [-0.39, 0.29) is 0 Å². The van der Waals surface area contributed by atoms with Crippen molar-refractivity contribution in [1.82, 2.24) is 5.32 Å². The van der Waals surface area contributed by atoms with Crippen molar-refractivity contribution >= 4 is 10.8 Å². The van der Waals surface area contributed by atoms with Crippen LogP contribution in [0, 0.1) is 0 Å². The van der Waals surface area contributed by atoms with Crippen molar-refractivity contribution in [2.75, 3.05) is 13.2 Å². The zero-order valence-corrected chi connectivity index (χ0v) is 9.77. The highest BCUT2D eigenvalue weighted by molar-refractivity contribution is 5.88. The molecule has 2 N–H and O–H groups in total. The van der Waals surface area contributed by atoms with Gasteiger partial charge in [-0.25, -0.2) is 0 Å². The molecule has 0 spiro atoms. The molecule has 19 heavy (non-hydrogen) atoms. The molecule has 2 aromatic rings. The zero-order chi connectivity index (χ0) is 26.6. The van der Waals surface area contributed by atoms with Crippen LogP contribution >= 0.6 is 0 Å². The number of fused-ring (bicyclic) bond motifs is 1. The molecule has 2 aromatic carbocycles. The van der Waals surface area contributed by atoms with Crippen molar-refractivity contribution in [3.63, 3.8) is 0 Å². The Balaban J connectivity index is 2.47. The summed E-state index contributed by atoms with van der Waals surface area (Å²) in [4.78, 5) is 0. The highest BCUT2D eigenvalue weighted by atomic mass is 16.5. The van der Waals surface area contributed by atoms with Crippen LogP contribution in [0.15, 0.2) is 42.3 Å². The summed E-state index contributed by atoms with van der Waals surface area (Å²) in [6.45, 7) is -8.89. The summed E-state index contributed by atoms with van der Waals surface area (Å²) in [7, 11) is 0. The largest absolute Gasteiger partial charge is 0.490 e. The molecule has 0 aliphatic heterocycles. The Morgan fingerprint density at radius 1 is 1.32 bits per heavy atom. The van der Waals surface area contributed by atoms with E-state index in [1.807, 2.05) is 5.32 Å². The van der Waals surface area contributed by atoms with Gasteiger partial charge in [0.2, 0.25) is 0 Å². The van der Waals surface area contributed by atoms with Crippen molar-refractivity contribution in [1.29, 1.82) is 0 Å². The van der Waals surface area contributed by atoms with Crippen LogP contribution in [-0.4, -0.2) is 30.4 Å². The summed E-state index contributed by atoms with van der Waals surface area (Å²) in [5.74, 6) is -0.627. The smallest absolute Gasteiger partial charge is 0.127 e. The lowest BCUT2D eigenvalue weighted by Crippen LogP contribution is -2.35. The fourth-order valence-electron chi connectivity index (χ4n) is 1.29. The van der Waals surface area contributed by atoms with Gasteiger partial charge in [0.25, 0.3) is 0 Å². The molecule has 0 heterocycles. The summed E-state index contributed by atoms with van der Waals surface area (Å²) in [5, 5.41) is 11.3. The molecule has 3 nitrogen and oxygen atoms in total. The first-order chi connectivity index (χ1) is 15.2. The number of aliphatic hydroxyl groups is 1. The molecule has 2 rings (SSSR count). The third-order valence-corrected chi connectivity index (χ3v) is 2.13. The summed E-state index contributed by atoms with van der Waals surface area (Å²) < 4.78 is 121. The third-order valence-electron chi connectivity index (χ3n) is 2.13. The van der Waals surface area contributed by atoms with E-state index in [2.05, 4.69) is 0 Å². The predicted octanol–water partition coefficient (Wildman–Crippen LogP) is 2.58. The number of hydrogen-bond donors (Lipinski definition) is 2. The first-order valence-corrected chi connectivity index (χ1v) is 5.28. The van der Waals surface area contributed by atoms with E-state index < -0.39 is 97.8 Å². The Hall–Kier alpha value is -1.58. The molecule has 0 aliphatic carbocycles. The normalized spacial score (nSPS) is 27.7. The van der Waals surface area contributed by atoms with Gasteiger partial charge in [-0.05, 0) is 11.4 Å². The zero-order valence-electron chi connectivity index (χ0n) is 24.8. The van der Waals surface area contributed by atoms with Crippen molar-refractivity contribution < 1.29 is 30.4 Å². The molecule has 0 aromatic heterocycles. The molecule has 0 radical (unpaired) electrons. The lowest BCUT2D eigenvalue weighted by Gasteiger charge is -2.15. The molecule has 1 unspecified atom stereocenters. The molecular weight excluding hydrogens is 238 g/mol. The van der Waals surface area contributed by atoms with Gasteiger partial charge < -0.3 is 15.2 Å². The quantitative estimate of drug-likeness (QED) is 0.850. The minimum Gasteiger partial charge on any atom is -0.490 e. The fourth-order valence-corrected chi connectivity index (χ4v) is 1.29. The van der Waals surface area contributed by atoms with Crippen molar-refractivity contribution in [3.05, 3.63) is 42.3 Å². The molecular formula is C16H21NO2. The SMILES string of the molecule is [2H]c1c([2H])c([2H])c2c(OCC([2H])(O)CNC([2H])(C([2H])([2H])[2H])C([2H])([2H])[2H])c([2H])c([2H])c([2H])c2c1[2H]. The van der Waals surface area contributed by atoms with E-state index in [9.17, 15) is 5.11 Å². The Kier molecular flexibility index (Phi) is 1.45. The van der Waals surface area contributed by atoms with Crippen LogP contribution in [0.25, 0.3) is 10.8 Å². The van der Waals surface area contributed by atoms with Crippen LogP contribution in [0.4, 0.5) is 0 Å². The second kappa shape index (κ2) is 6.55. The van der Waals surface area contributed by atoms with E-state index in [0.29, 0.717) is 0 Å². The van der Waals surface area contributed by atoms with E-state index in [0.717, 1.165) is 0 Å². The van der Waals surface area contributed by atoms with Gasteiger partial charge in [0.15, 0.2) is 0 Å². The highest BCUT2D eigenvalue weighted by Gasteiger charge is 2.07. The van der Waals surface area contributed by atoms with Crippen LogP contribution in [0.3, 0.4) is 0 Å². The Morgan fingerprint density at radius 3 is 2.95 bits per heavy atom. The summed E-state index contributed by atoms with van der Waals surface area (Å²) in [5.41, 5.74) is 0. The van der Waals surface area contributed by atoms with Gasteiger partial charge in [-0.15, -0.1) is 0 Å². The standard InChI is InChI=1S/C16H21NO2/c1-12(2)17-10-14(18)11-19-16-9-5-7-13-6-3-4-8-15(13)16/h3-9,12,14,17-18H,10-11H2,1-2H3/i1D3,2D3,3D,4D,5D,6D,7D,8D,9D,12D,14D. The topological polar surface area (TPSA) is 41.5 Å². The second-order valence-corrected chi connectivity index (χ2v) is 3.54. The van der Waals surface area contributed by atoms with Gasteiger partial charge in [0.05, 0.1) is 11.0 Å². The Labute approximate surface area is 135 Å². The lowest BCUT2D eigenvalue weighted by molar-refractivity contribution is 0.105. The van der Waals surface area contributed by atoms with Gasteiger partial charge in [0, 0.05) is 27.5 Å². The Bertz CT molecular complexity index is 1090. The maximum atomic E-state index is 10.3. The first kappa shape index (κ1) is 4.21. The minimum absolute atomic E-state index is 0.413. The summed E-state index contributed by atoms with van der Waals surface area (Å²) in [6.07, 6.45) is -2.77. The molecule has 0 saturated carbocycles. The lowest BCUT2D eigenvalue weighted by atomic mass is 10.1. The average molecular weight is 274 g/mol. The van der Waals surface area contributed by atoms with Crippen molar-refractivity contribution in [3.8, 4) is 5.75 Å². The Morgan fingerprint density at radius 2 is 2.11 bits per heavy atom. The third kappa shape index (κ3) is 3.94. The van der Waals surface area contributed by atoms with Gasteiger partial charge in [-0.1, -0.05) is 50.0 Å². The van der Waals surface area contributed by atoms with E-state index in [4.69, 9.17) is 25.3 Å². The first-order valence-electron chi connectivity index (χ1n) is 12.8. The number of nitrogens with one attached hydrogen (secondary N) is 1. The fraction of sp³-hybridized carbons (Fsp3) is 0.375. The number of ether oxygens (including phenoxy) is 1. The molecule has 0 amide bonds. The molecule has 0 saturated heterocycles. The minimum atomic E-state index is -3.37. The molecule has 1 atom stereocenters. The second-order valence-electron chi connectivity index (χ2n) is 3.54. The van der Waals surface area contributed by atoms with E-state index in [1.165, 1.54) is 0 Å². The van der Waals surface area contributed by atoms with Gasteiger partial charge in [0.1, 0.15) is 18.4 Å². The molecule has 0 fully saturated rings. The predicted molar refractivity (Wildman–Crippen MR) is 78.6 cm³/mol. The van der Waals surface area contributed by atoms with Gasteiger partial charge >= 0.3 is 0 Å². The van der Waals surface area contributed by atoms with E-state index in [1.54, 1.807) is 0 Å². The van der Waals surface area contributed by atoms with Crippen molar-refractivity contribution in [2.45, 2.75) is 25.8 Å². The van der Waals surface area contributed by atoms with Crippen LogP contribution in [0.2, 0.25) is 0 Å². The van der Waals surface area contributed by atoms with Crippen LogP contribution in [0.5, 0.6) is 5.75 Å². The maximum absolute atomic E-state index is 10.3. The number of hydrogen-bond acceptors (Lipinski definition) is 3. The summed E-state index contributed by atoms with van der Waals surface area (Å²) in [6, 6.07) is -8.13. The summed E-state index contributed by atoms with van der Waals surface area (Å²) >= 11 is 0. The van der Waals surface area contributed by atoms with Crippen molar-refractivity contribution in [2.24, 2.45) is 0 Å². The monoisotopic (exact) mass is 274 g/mol. The van der Waals surface area contributed by atoms with Crippen LogP contribution < -0.4 is 10.1 Å². The van der Waals surface area contributed by atoms with Crippen LogP contribution in [0.1, 0.15) is 34.3 Å². The molecule has 0 aliphatic rings. The number of rotatable bonds is 6. The molecule has 0 bridgehead atoms. The maximum Gasteiger partial charge on any atom is 0.127 e. The van der Waals surface area contributed by atoms with Gasteiger partial charge in [-0.2, -0.15) is 0 Å².